The van der Waals surface area contributed by atoms with E-state index in [9.17, 15) is 4.79 Å². The van der Waals surface area contributed by atoms with Gasteiger partial charge in [-0.15, -0.1) is 0 Å². The van der Waals surface area contributed by atoms with Crippen LogP contribution >= 0.6 is 0 Å². The monoisotopic (exact) mass is 210 g/mol. The van der Waals surface area contributed by atoms with Crippen LogP contribution in [-0.4, -0.2) is 17.5 Å². The summed E-state index contributed by atoms with van der Waals surface area (Å²) in [5.41, 5.74) is 2.50. The van der Waals surface area contributed by atoms with Gasteiger partial charge in [-0.3, -0.25) is 0 Å². The fourth-order valence-corrected chi connectivity index (χ4v) is 1.28. The van der Waals surface area contributed by atoms with Crippen molar-refractivity contribution in [2.75, 3.05) is 6.61 Å². The van der Waals surface area contributed by atoms with Crippen molar-refractivity contribution < 1.29 is 9.90 Å². The van der Waals surface area contributed by atoms with Crippen molar-refractivity contribution in [3.8, 4) is 0 Å². The molecule has 0 aromatic rings. The predicted molar refractivity (Wildman–Crippen MR) is 63.7 cm³/mol. The summed E-state index contributed by atoms with van der Waals surface area (Å²) in [6.07, 6.45) is 7.51. The molecule has 0 radical (unpaired) electrons. The molecule has 0 bridgehead atoms. The van der Waals surface area contributed by atoms with Crippen molar-refractivity contribution in [2.45, 2.75) is 46.5 Å². The van der Waals surface area contributed by atoms with Crippen molar-refractivity contribution >= 4 is 5.78 Å². The highest BCUT2D eigenvalue weighted by molar-refractivity contribution is 5.75. The number of rotatable bonds is 7. The van der Waals surface area contributed by atoms with E-state index in [1.165, 1.54) is 11.1 Å². The van der Waals surface area contributed by atoms with E-state index in [1.54, 1.807) is 6.92 Å². The Hall–Kier alpha value is -0.890. The van der Waals surface area contributed by atoms with Gasteiger partial charge in [-0.1, -0.05) is 23.3 Å². The molecule has 0 aliphatic rings. The number of allylic oxidation sites excluding steroid dienone is 3. The molecule has 0 aromatic carbocycles. The van der Waals surface area contributed by atoms with Gasteiger partial charge in [0.25, 0.3) is 0 Å². The predicted octanol–water partition coefficient (Wildman–Crippen LogP) is 3.02. The molecule has 1 N–H and O–H groups in total. The molecule has 15 heavy (non-hydrogen) atoms. The molecule has 0 spiro atoms. The lowest BCUT2D eigenvalue weighted by Crippen LogP contribution is -1.90. The van der Waals surface area contributed by atoms with Crippen LogP contribution < -0.4 is 0 Å². The summed E-state index contributed by atoms with van der Waals surface area (Å²) >= 11 is 0. The first-order valence-electron chi connectivity index (χ1n) is 5.47. The zero-order chi connectivity index (χ0) is 11.7. The Morgan fingerprint density at radius 1 is 1.00 bits per heavy atom. The van der Waals surface area contributed by atoms with Gasteiger partial charge in [-0.2, -0.15) is 0 Å². The molecule has 0 atom stereocenters. The first kappa shape index (κ1) is 14.1. The third-order valence-electron chi connectivity index (χ3n) is 2.34. The maximum Gasteiger partial charge on any atom is 0.130 e. The summed E-state index contributed by atoms with van der Waals surface area (Å²) in [5.74, 6) is 0.249. The molecule has 0 saturated heterocycles. The summed E-state index contributed by atoms with van der Waals surface area (Å²) in [7, 11) is 0. The van der Waals surface area contributed by atoms with Crippen LogP contribution in [-0.2, 0) is 4.79 Å². The average Bonchev–Trinajstić information content (AvgIpc) is 2.15. The summed E-state index contributed by atoms with van der Waals surface area (Å²) in [4.78, 5) is 10.8. The van der Waals surface area contributed by atoms with Crippen molar-refractivity contribution in [3.63, 3.8) is 0 Å². The fraction of sp³-hybridized carbons (Fsp3) is 0.615. The third-order valence-corrected chi connectivity index (χ3v) is 2.34. The standard InChI is InChI=1S/C13H22O2/c1-11(7-8-13(3)15)5-4-6-12(2)9-10-14/h5,9,14H,4,6-8,10H2,1-3H3/b11-5+,12-9+. The van der Waals surface area contributed by atoms with E-state index in [1.807, 2.05) is 13.0 Å². The second-order valence-corrected chi connectivity index (χ2v) is 4.02. The lowest BCUT2D eigenvalue weighted by Gasteiger charge is -2.00. The van der Waals surface area contributed by atoms with Crippen LogP contribution in [0.2, 0.25) is 0 Å². The third kappa shape index (κ3) is 9.42. The van der Waals surface area contributed by atoms with Gasteiger partial charge in [0.1, 0.15) is 5.78 Å². The van der Waals surface area contributed by atoms with Crippen LogP contribution in [0.3, 0.4) is 0 Å². The van der Waals surface area contributed by atoms with Crippen molar-refractivity contribution in [1.29, 1.82) is 0 Å². The number of hydrogen-bond acceptors (Lipinski definition) is 2. The molecular weight excluding hydrogens is 188 g/mol. The van der Waals surface area contributed by atoms with Gasteiger partial charge in [0.05, 0.1) is 6.61 Å². The van der Waals surface area contributed by atoms with Gasteiger partial charge < -0.3 is 9.90 Å². The molecule has 0 heterocycles. The lowest BCUT2D eigenvalue weighted by molar-refractivity contribution is -0.116. The molecule has 0 unspecified atom stereocenters. The van der Waals surface area contributed by atoms with Crippen LogP contribution in [0, 0.1) is 0 Å². The SMILES string of the molecule is CC(=O)CC/C(C)=C/CC/C(C)=C/CO. The Morgan fingerprint density at radius 3 is 2.13 bits per heavy atom. The van der Waals surface area contributed by atoms with E-state index in [4.69, 9.17) is 5.11 Å². The van der Waals surface area contributed by atoms with E-state index in [2.05, 4.69) is 13.0 Å². The molecule has 0 aliphatic carbocycles. The van der Waals surface area contributed by atoms with Crippen molar-refractivity contribution in [2.24, 2.45) is 0 Å². The molecule has 2 heteroatoms. The number of carbonyl (C=O) groups excluding carboxylic acids is 1. The van der Waals surface area contributed by atoms with Crippen molar-refractivity contribution in [1.82, 2.24) is 0 Å². The van der Waals surface area contributed by atoms with E-state index in [0.29, 0.717) is 6.42 Å². The average molecular weight is 210 g/mol. The molecule has 0 aliphatic heterocycles. The van der Waals surface area contributed by atoms with E-state index >= 15 is 0 Å². The topological polar surface area (TPSA) is 37.3 Å². The van der Waals surface area contributed by atoms with Crippen LogP contribution in [0.5, 0.6) is 0 Å². The molecule has 0 saturated carbocycles. The van der Waals surface area contributed by atoms with Gasteiger partial charge in [0.15, 0.2) is 0 Å². The summed E-state index contributed by atoms with van der Waals surface area (Å²) in [6.45, 7) is 5.84. The Bertz CT molecular complexity index is 249. The van der Waals surface area contributed by atoms with Gasteiger partial charge in [0.2, 0.25) is 0 Å². The maximum absolute atomic E-state index is 10.8. The molecular formula is C13H22O2. The molecule has 2 nitrogen and oxygen atoms in total. The van der Waals surface area contributed by atoms with Gasteiger partial charge in [-0.05, 0) is 40.0 Å². The van der Waals surface area contributed by atoms with Gasteiger partial charge >= 0.3 is 0 Å². The Morgan fingerprint density at radius 2 is 1.60 bits per heavy atom. The maximum atomic E-state index is 10.8. The quantitative estimate of drug-likeness (QED) is 0.656. The van der Waals surface area contributed by atoms with E-state index < -0.39 is 0 Å². The van der Waals surface area contributed by atoms with Gasteiger partial charge in [0, 0.05) is 6.42 Å². The minimum Gasteiger partial charge on any atom is -0.392 e. The van der Waals surface area contributed by atoms with Gasteiger partial charge in [-0.25, -0.2) is 0 Å². The van der Waals surface area contributed by atoms with Crippen LogP contribution in [0.15, 0.2) is 23.3 Å². The van der Waals surface area contributed by atoms with E-state index in [0.717, 1.165) is 19.3 Å². The number of ketones is 1. The van der Waals surface area contributed by atoms with E-state index in [-0.39, 0.29) is 12.4 Å². The smallest absolute Gasteiger partial charge is 0.130 e. The normalized spacial score (nSPS) is 13.1. The number of aliphatic hydroxyl groups excluding tert-OH is 1. The Labute approximate surface area is 92.7 Å². The summed E-state index contributed by atoms with van der Waals surface area (Å²) < 4.78 is 0. The number of Topliss-reactive ketones (excluding diaryl/α,β-unsaturated/α-hetero) is 1. The number of aliphatic hydroxyl groups is 1. The Balaban J connectivity index is 3.76. The highest BCUT2D eigenvalue weighted by atomic mass is 16.2. The van der Waals surface area contributed by atoms with Crippen LogP contribution in [0.25, 0.3) is 0 Å². The molecule has 86 valence electrons. The highest BCUT2D eigenvalue weighted by Crippen LogP contribution is 2.10. The molecule has 0 aromatic heterocycles. The molecule has 0 rings (SSSR count). The summed E-state index contributed by atoms with van der Waals surface area (Å²) in [6, 6.07) is 0. The first-order chi connectivity index (χ1) is 7.06. The fourth-order valence-electron chi connectivity index (χ4n) is 1.28. The van der Waals surface area contributed by atoms with Crippen LogP contribution in [0.4, 0.5) is 0 Å². The lowest BCUT2D eigenvalue weighted by atomic mass is 10.1. The minimum atomic E-state index is 0.124. The van der Waals surface area contributed by atoms with Crippen LogP contribution in [0.1, 0.15) is 46.5 Å². The molecule has 0 fully saturated rings. The largest absolute Gasteiger partial charge is 0.392 e. The zero-order valence-electron chi connectivity index (χ0n) is 10.0. The molecule has 0 amide bonds. The number of carbonyl (C=O) groups is 1. The zero-order valence-corrected chi connectivity index (χ0v) is 10.0. The highest BCUT2D eigenvalue weighted by Gasteiger charge is 1.95. The first-order valence-corrected chi connectivity index (χ1v) is 5.47. The second kappa shape index (κ2) is 8.42. The minimum absolute atomic E-state index is 0.124. The summed E-state index contributed by atoms with van der Waals surface area (Å²) in [5, 5.41) is 8.66. The second-order valence-electron chi connectivity index (χ2n) is 4.02. The van der Waals surface area contributed by atoms with Crippen molar-refractivity contribution in [3.05, 3.63) is 23.3 Å². The number of hydrogen-bond donors (Lipinski definition) is 1. The Kier molecular flexibility index (Phi) is 7.92.